The van der Waals surface area contributed by atoms with Gasteiger partial charge in [0.25, 0.3) is 0 Å². The fourth-order valence-electron chi connectivity index (χ4n) is 3.10. The summed E-state index contributed by atoms with van der Waals surface area (Å²) in [6.45, 7) is 2.27. The van der Waals surface area contributed by atoms with Crippen LogP contribution in [-0.4, -0.2) is 4.98 Å². The van der Waals surface area contributed by atoms with Crippen molar-refractivity contribution in [2.24, 2.45) is 11.3 Å². The summed E-state index contributed by atoms with van der Waals surface area (Å²) in [6, 6.07) is 4.35. The number of hydrogen-bond acceptors (Lipinski definition) is 3. The fourth-order valence-corrected chi connectivity index (χ4v) is 3.10. The van der Waals surface area contributed by atoms with E-state index in [1.54, 1.807) is 0 Å². The molecule has 3 nitrogen and oxygen atoms in total. The second-order valence-corrected chi connectivity index (χ2v) is 4.81. The van der Waals surface area contributed by atoms with E-state index < -0.39 is 0 Å². The first-order valence-electron chi connectivity index (χ1n) is 6.18. The van der Waals surface area contributed by atoms with Crippen LogP contribution in [0.2, 0.25) is 0 Å². The third-order valence-corrected chi connectivity index (χ3v) is 4.10. The van der Waals surface area contributed by atoms with E-state index >= 15 is 0 Å². The largest absolute Gasteiger partial charge is 0.271 e. The summed E-state index contributed by atoms with van der Waals surface area (Å²) in [6.07, 6.45) is 10.1. The highest BCUT2D eigenvalue weighted by Crippen LogP contribution is 2.49. The maximum atomic E-state index is 5.77. The van der Waals surface area contributed by atoms with Gasteiger partial charge in [-0.3, -0.25) is 16.3 Å². The summed E-state index contributed by atoms with van der Waals surface area (Å²) in [5.41, 5.74) is 4.56. The van der Waals surface area contributed by atoms with E-state index in [1.807, 2.05) is 18.5 Å². The molecule has 0 aromatic carbocycles. The van der Waals surface area contributed by atoms with Gasteiger partial charge in [-0.05, 0) is 36.3 Å². The van der Waals surface area contributed by atoms with Gasteiger partial charge in [0.15, 0.2) is 0 Å². The Bertz CT molecular complexity index is 317. The summed E-state index contributed by atoms with van der Waals surface area (Å²) < 4.78 is 0. The van der Waals surface area contributed by atoms with Gasteiger partial charge in [-0.2, -0.15) is 0 Å². The van der Waals surface area contributed by atoms with Crippen LogP contribution in [0.3, 0.4) is 0 Å². The zero-order valence-corrected chi connectivity index (χ0v) is 9.95. The van der Waals surface area contributed by atoms with Gasteiger partial charge in [0.2, 0.25) is 0 Å². The number of hydrazine groups is 1. The van der Waals surface area contributed by atoms with Gasteiger partial charge in [0, 0.05) is 12.4 Å². The van der Waals surface area contributed by atoms with Crippen molar-refractivity contribution in [3.8, 4) is 0 Å². The molecule has 0 bridgehead atoms. The van der Waals surface area contributed by atoms with Crippen molar-refractivity contribution >= 4 is 0 Å². The predicted octanol–water partition coefficient (Wildman–Crippen LogP) is 2.56. The van der Waals surface area contributed by atoms with Crippen molar-refractivity contribution in [3.05, 3.63) is 30.1 Å². The molecule has 88 valence electrons. The molecule has 0 radical (unpaired) electrons. The molecule has 1 aliphatic carbocycles. The molecule has 1 heterocycles. The number of nitrogens with two attached hydrogens (primary N) is 1. The van der Waals surface area contributed by atoms with Crippen LogP contribution in [0.5, 0.6) is 0 Å². The van der Waals surface area contributed by atoms with Gasteiger partial charge in [-0.25, -0.2) is 0 Å². The monoisotopic (exact) mass is 219 g/mol. The maximum absolute atomic E-state index is 5.77. The van der Waals surface area contributed by atoms with Crippen LogP contribution in [0.15, 0.2) is 24.5 Å². The van der Waals surface area contributed by atoms with E-state index in [1.165, 1.54) is 37.7 Å². The molecule has 1 aromatic rings. The SMILES string of the molecule is CCC1(C(NN)c2cccnc2)CCCC1. The molecule has 3 heteroatoms. The molecule has 0 spiro atoms. The molecule has 1 aromatic heterocycles. The third-order valence-electron chi connectivity index (χ3n) is 4.10. The average molecular weight is 219 g/mol. The Morgan fingerprint density at radius 2 is 2.25 bits per heavy atom. The van der Waals surface area contributed by atoms with Gasteiger partial charge in [0.05, 0.1) is 6.04 Å². The molecule has 0 saturated heterocycles. The van der Waals surface area contributed by atoms with Gasteiger partial charge in [-0.1, -0.05) is 25.8 Å². The second-order valence-electron chi connectivity index (χ2n) is 4.81. The minimum Gasteiger partial charge on any atom is -0.271 e. The number of pyridine rings is 1. The Morgan fingerprint density at radius 3 is 2.75 bits per heavy atom. The molecular formula is C13H21N3. The number of hydrogen-bond donors (Lipinski definition) is 2. The van der Waals surface area contributed by atoms with Crippen molar-refractivity contribution in [1.82, 2.24) is 10.4 Å². The summed E-state index contributed by atoms with van der Waals surface area (Å²) in [5.74, 6) is 5.77. The standard InChI is InChI=1S/C13H21N3/c1-2-13(7-3-4-8-13)12(16-14)11-6-5-9-15-10-11/h5-6,9-10,12,16H,2-4,7-8,14H2,1H3. The Labute approximate surface area is 97.4 Å². The first-order chi connectivity index (χ1) is 7.82. The lowest BCUT2D eigenvalue weighted by Gasteiger charge is -2.36. The first kappa shape index (κ1) is 11.6. The van der Waals surface area contributed by atoms with Crippen LogP contribution >= 0.6 is 0 Å². The molecular weight excluding hydrogens is 198 g/mol. The molecule has 3 N–H and O–H groups in total. The third kappa shape index (κ3) is 1.97. The van der Waals surface area contributed by atoms with E-state index in [0.717, 1.165) is 0 Å². The lowest BCUT2D eigenvalue weighted by Crippen LogP contribution is -2.40. The molecule has 0 aliphatic heterocycles. The Balaban J connectivity index is 2.28. The predicted molar refractivity (Wildman–Crippen MR) is 65.5 cm³/mol. The highest BCUT2D eigenvalue weighted by molar-refractivity contribution is 5.18. The number of nitrogens with zero attached hydrogens (tertiary/aromatic N) is 1. The minimum absolute atomic E-state index is 0.244. The van der Waals surface area contributed by atoms with E-state index in [4.69, 9.17) is 5.84 Å². The van der Waals surface area contributed by atoms with Gasteiger partial charge in [0.1, 0.15) is 0 Å². The van der Waals surface area contributed by atoms with Crippen molar-refractivity contribution in [3.63, 3.8) is 0 Å². The van der Waals surface area contributed by atoms with Gasteiger partial charge in [-0.15, -0.1) is 0 Å². The Hall–Kier alpha value is -0.930. The Morgan fingerprint density at radius 1 is 1.50 bits per heavy atom. The quantitative estimate of drug-likeness (QED) is 0.604. The summed E-state index contributed by atoms with van der Waals surface area (Å²) in [5, 5.41) is 0. The lowest BCUT2D eigenvalue weighted by atomic mass is 9.74. The van der Waals surface area contributed by atoms with E-state index in [0.29, 0.717) is 5.41 Å². The van der Waals surface area contributed by atoms with Crippen LogP contribution in [-0.2, 0) is 0 Å². The van der Waals surface area contributed by atoms with Crippen molar-refractivity contribution in [2.75, 3.05) is 0 Å². The summed E-state index contributed by atoms with van der Waals surface area (Å²) in [4.78, 5) is 4.19. The normalized spacial score (nSPS) is 20.9. The maximum Gasteiger partial charge on any atom is 0.0531 e. The molecule has 1 atom stereocenters. The first-order valence-corrected chi connectivity index (χ1v) is 6.18. The zero-order chi connectivity index (χ0) is 11.4. The van der Waals surface area contributed by atoms with Crippen LogP contribution in [0.4, 0.5) is 0 Å². The highest BCUT2D eigenvalue weighted by atomic mass is 15.2. The van der Waals surface area contributed by atoms with Crippen LogP contribution in [0.1, 0.15) is 50.6 Å². The van der Waals surface area contributed by atoms with Crippen LogP contribution in [0.25, 0.3) is 0 Å². The summed E-state index contributed by atoms with van der Waals surface area (Å²) >= 11 is 0. The van der Waals surface area contributed by atoms with Crippen molar-refractivity contribution in [1.29, 1.82) is 0 Å². The molecule has 1 saturated carbocycles. The van der Waals surface area contributed by atoms with Crippen LogP contribution < -0.4 is 11.3 Å². The molecule has 2 rings (SSSR count). The van der Waals surface area contributed by atoms with E-state index in [-0.39, 0.29) is 6.04 Å². The molecule has 1 unspecified atom stereocenters. The fraction of sp³-hybridized carbons (Fsp3) is 0.615. The molecule has 1 fully saturated rings. The Kier molecular flexibility index (Phi) is 3.56. The number of aromatic nitrogens is 1. The molecule has 0 amide bonds. The smallest absolute Gasteiger partial charge is 0.0531 e. The van der Waals surface area contributed by atoms with Gasteiger partial charge < -0.3 is 0 Å². The topological polar surface area (TPSA) is 50.9 Å². The number of nitrogens with one attached hydrogen (secondary N) is 1. The van der Waals surface area contributed by atoms with E-state index in [9.17, 15) is 0 Å². The van der Waals surface area contributed by atoms with Gasteiger partial charge >= 0.3 is 0 Å². The van der Waals surface area contributed by atoms with E-state index in [2.05, 4.69) is 23.4 Å². The van der Waals surface area contributed by atoms with Crippen LogP contribution in [0, 0.1) is 5.41 Å². The second kappa shape index (κ2) is 4.93. The molecule has 1 aliphatic rings. The number of rotatable bonds is 4. The van der Waals surface area contributed by atoms with Crippen molar-refractivity contribution in [2.45, 2.75) is 45.1 Å². The minimum atomic E-state index is 0.244. The van der Waals surface area contributed by atoms with Crippen molar-refractivity contribution < 1.29 is 0 Å². The highest BCUT2D eigenvalue weighted by Gasteiger charge is 2.40. The lowest BCUT2D eigenvalue weighted by molar-refractivity contribution is 0.187. The average Bonchev–Trinajstić information content (AvgIpc) is 2.81. The summed E-state index contributed by atoms with van der Waals surface area (Å²) in [7, 11) is 0. The zero-order valence-electron chi connectivity index (χ0n) is 9.95. The molecule has 16 heavy (non-hydrogen) atoms.